The second-order valence-electron chi connectivity index (χ2n) is 2.79. The monoisotopic (exact) mass is 232 g/mol. The van der Waals surface area contributed by atoms with Gasteiger partial charge in [0.25, 0.3) is 10.1 Å². The molecule has 3 nitrogen and oxygen atoms in total. The van der Waals surface area contributed by atoms with Gasteiger partial charge in [-0.3, -0.25) is 4.55 Å². The second kappa shape index (κ2) is 4.82. The largest absolute Gasteiger partial charge is 0.294 e. The summed E-state index contributed by atoms with van der Waals surface area (Å²) < 4.78 is 30.1. The molecule has 0 fully saturated rings. The van der Waals surface area contributed by atoms with Crippen LogP contribution in [-0.2, 0) is 10.1 Å². The molecule has 0 bridgehead atoms. The third kappa shape index (κ3) is 3.32. The Hall–Kier alpha value is -0.520. The van der Waals surface area contributed by atoms with Crippen LogP contribution in [0.2, 0.25) is 0 Å². The molecule has 0 spiro atoms. The van der Waals surface area contributed by atoms with Crippen LogP contribution in [0.15, 0.2) is 34.1 Å². The molecule has 0 heterocycles. The fourth-order valence-electron chi connectivity index (χ4n) is 0.928. The van der Waals surface area contributed by atoms with Crippen LogP contribution < -0.4 is 0 Å². The van der Waals surface area contributed by atoms with Crippen molar-refractivity contribution in [2.75, 3.05) is 5.75 Å². The normalized spacial score (nSPS) is 11.6. The van der Waals surface area contributed by atoms with Gasteiger partial charge in [-0.15, -0.1) is 11.8 Å². The van der Waals surface area contributed by atoms with E-state index in [1.165, 1.54) is 12.1 Å². The highest BCUT2D eigenvalue weighted by Gasteiger charge is 2.07. The summed E-state index contributed by atoms with van der Waals surface area (Å²) in [6, 6.07) is 6.22. The van der Waals surface area contributed by atoms with Crippen molar-refractivity contribution in [2.24, 2.45) is 0 Å². The van der Waals surface area contributed by atoms with Crippen LogP contribution in [0.1, 0.15) is 13.3 Å². The minimum Gasteiger partial charge on any atom is -0.282 e. The summed E-state index contributed by atoms with van der Waals surface area (Å²) in [4.78, 5) is 0.956. The molecule has 0 amide bonds. The molecule has 0 aliphatic heterocycles. The Kier molecular flexibility index (Phi) is 3.97. The summed E-state index contributed by atoms with van der Waals surface area (Å²) in [5.41, 5.74) is 0. The highest BCUT2D eigenvalue weighted by Crippen LogP contribution is 2.20. The van der Waals surface area contributed by atoms with Crippen molar-refractivity contribution in [1.82, 2.24) is 0 Å². The predicted molar refractivity (Wildman–Crippen MR) is 57.3 cm³/mol. The number of rotatable bonds is 4. The lowest BCUT2D eigenvalue weighted by Crippen LogP contribution is -1.96. The smallest absolute Gasteiger partial charge is 0.282 e. The maximum absolute atomic E-state index is 10.7. The van der Waals surface area contributed by atoms with Gasteiger partial charge in [-0.2, -0.15) is 8.42 Å². The fraction of sp³-hybridized carbons (Fsp3) is 0.333. The molecule has 5 heteroatoms. The Morgan fingerprint density at radius 3 is 2.29 bits per heavy atom. The molecule has 14 heavy (non-hydrogen) atoms. The maximum atomic E-state index is 10.7. The molecule has 1 N–H and O–H groups in total. The zero-order valence-electron chi connectivity index (χ0n) is 7.80. The van der Waals surface area contributed by atoms with Gasteiger partial charge >= 0.3 is 0 Å². The molecule has 0 saturated heterocycles. The lowest BCUT2D eigenvalue weighted by molar-refractivity contribution is 0.483. The fourth-order valence-corrected chi connectivity index (χ4v) is 2.18. The third-order valence-corrected chi connectivity index (χ3v) is 3.68. The van der Waals surface area contributed by atoms with E-state index in [1.54, 1.807) is 23.9 Å². The maximum Gasteiger partial charge on any atom is 0.294 e. The molecule has 1 aromatic rings. The third-order valence-electron chi connectivity index (χ3n) is 1.59. The minimum atomic E-state index is -4.05. The highest BCUT2D eigenvalue weighted by molar-refractivity contribution is 7.99. The van der Waals surface area contributed by atoms with Crippen LogP contribution in [-0.4, -0.2) is 18.7 Å². The molecule has 0 unspecified atom stereocenters. The van der Waals surface area contributed by atoms with E-state index < -0.39 is 10.1 Å². The molecule has 0 radical (unpaired) electrons. The van der Waals surface area contributed by atoms with Crippen LogP contribution in [0, 0.1) is 0 Å². The van der Waals surface area contributed by atoms with Crippen molar-refractivity contribution in [3.05, 3.63) is 24.3 Å². The quantitative estimate of drug-likeness (QED) is 0.640. The van der Waals surface area contributed by atoms with Crippen LogP contribution in [0.25, 0.3) is 0 Å². The summed E-state index contributed by atoms with van der Waals surface area (Å²) in [6.07, 6.45) is 1.07. The topological polar surface area (TPSA) is 54.4 Å². The summed E-state index contributed by atoms with van der Waals surface area (Å²) in [5.74, 6) is 1.01. The van der Waals surface area contributed by atoms with E-state index in [0.29, 0.717) is 0 Å². The highest BCUT2D eigenvalue weighted by atomic mass is 32.2. The van der Waals surface area contributed by atoms with Gasteiger partial charge in [0.05, 0.1) is 4.90 Å². The van der Waals surface area contributed by atoms with Gasteiger partial charge in [0.1, 0.15) is 0 Å². The lowest BCUT2D eigenvalue weighted by atomic mass is 10.4. The van der Waals surface area contributed by atoms with Crippen molar-refractivity contribution >= 4 is 21.9 Å². The van der Waals surface area contributed by atoms with Gasteiger partial charge in [-0.25, -0.2) is 0 Å². The first-order chi connectivity index (χ1) is 6.54. The molecule has 0 aliphatic carbocycles. The first kappa shape index (κ1) is 11.6. The number of hydrogen-bond acceptors (Lipinski definition) is 3. The number of hydrogen-bond donors (Lipinski definition) is 1. The van der Waals surface area contributed by atoms with Gasteiger partial charge < -0.3 is 0 Å². The minimum absolute atomic E-state index is 0.0571. The van der Waals surface area contributed by atoms with Crippen LogP contribution in [0.3, 0.4) is 0 Å². The van der Waals surface area contributed by atoms with Crippen molar-refractivity contribution in [3.63, 3.8) is 0 Å². The summed E-state index contributed by atoms with van der Waals surface area (Å²) in [5, 5.41) is 0. The van der Waals surface area contributed by atoms with Gasteiger partial charge in [-0.05, 0) is 36.4 Å². The van der Waals surface area contributed by atoms with Crippen LogP contribution in [0.4, 0.5) is 0 Å². The van der Waals surface area contributed by atoms with E-state index >= 15 is 0 Å². The van der Waals surface area contributed by atoms with E-state index in [-0.39, 0.29) is 4.90 Å². The van der Waals surface area contributed by atoms with Crippen molar-refractivity contribution < 1.29 is 13.0 Å². The number of thioether (sulfide) groups is 1. The Morgan fingerprint density at radius 1 is 1.29 bits per heavy atom. The molecule has 78 valence electrons. The van der Waals surface area contributed by atoms with E-state index in [0.717, 1.165) is 17.1 Å². The molecule has 0 atom stereocenters. The number of benzene rings is 1. The van der Waals surface area contributed by atoms with Gasteiger partial charge in [-0.1, -0.05) is 6.92 Å². The standard InChI is InChI=1S/C9H12O3S2/c1-2-7-13-8-3-5-9(6-4-8)14(10,11)12/h3-6H,2,7H2,1H3,(H,10,11,12). The van der Waals surface area contributed by atoms with Crippen molar-refractivity contribution in [2.45, 2.75) is 23.1 Å². The zero-order chi connectivity index (χ0) is 10.6. The zero-order valence-corrected chi connectivity index (χ0v) is 9.44. The van der Waals surface area contributed by atoms with Gasteiger partial charge in [0.15, 0.2) is 0 Å². The summed E-state index contributed by atoms with van der Waals surface area (Å²) >= 11 is 1.66. The molecular weight excluding hydrogens is 220 g/mol. The first-order valence-electron chi connectivity index (χ1n) is 4.24. The molecule has 0 aliphatic rings. The molecular formula is C9H12O3S2. The Bertz CT molecular complexity index is 381. The van der Waals surface area contributed by atoms with Crippen molar-refractivity contribution in [1.29, 1.82) is 0 Å². The molecule has 0 saturated carbocycles. The first-order valence-corrected chi connectivity index (χ1v) is 6.67. The van der Waals surface area contributed by atoms with E-state index in [4.69, 9.17) is 4.55 Å². The lowest BCUT2D eigenvalue weighted by Gasteiger charge is -2.00. The average Bonchev–Trinajstić information content (AvgIpc) is 2.14. The molecule has 1 aromatic carbocycles. The Morgan fingerprint density at radius 2 is 1.86 bits per heavy atom. The predicted octanol–water partition coefficient (Wildman–Crippen LogP) is 2.44. The van der Waals surface area contributed by atoms with E-state index in [1.807, 2.05) is 0 Å². The summed E-state index contributed by atoms with van der Waals surface area (Å²) in [7, 11) is -4.05. The van der Waals surface area contributed by atoms with Crippen LogP contribution >= 0.6 is 11.8 Å². The Balaban J connectivity index is 2.79. The van der Waals surface area contributed by atoms with Crippen LogP contribution in [0.5, 0.6) is 0 Å². The Labute approximate surface area is 88.3 Å². The average molecular weight is 232 g/mol. The van der Waals surface area contributed by atoms with E-state index in [9.17, 15) is 8.42 Å². The SMILES string of the molecule is CCCSc1ccc(S(=O)(=O)O)cc1. The van der Waals surface area contributed by atoms with Crippen molar-refractivity contribution in [3.8, 4) is 0 Å². The van der Waals surface area contributed by atoms with E-state index in [2.05, 4.69) is 6.92 Å². The summed E-state index contributed by atoms with van der Waals surface area (Å²) in [6.45, 7) is 2.08. The molecule has 0 aromatic heterocycles. The second-order valence-corrected chi connectivity index (χ2v) is 5.38. The van der Waals surface area contributed by atoms with Gasteiger partial charge in [0, 0.05) is 4.90 Å². The van der Waals surface area contributed by atoms with Gasteiger partial charge in [0.2, 0.25) is 0 Å². The molecule has 1 rings (SSSR count).